The number of pyridine rings is 1. The highest BCUT2D eigenvalue weighted by Crippen LogP contribution is 2.32. The topological polar surface area (TPSA) is 42.0 Å². The van der Waals surface area contributed by atoms with Crippen molar-refractivity contribution in [3.05, 3.63) is 77.2 Å². The van der Waals surface area contributed by atoms with Crippen LogP contribution >= 0.6 is 0 Å². The molecule has 0 saturated heterocycles. The molecule has 0 bridgehead atoms. The minimum Gasteiger partial charge on any atom is -0.346 e. The van der Waals surface area contributed by atoms with Gasteiger partial charge in [-0.3, -0.25) is 9.78 Å². The van der Waals surface area contributed by atoms with Crippen LogP contribution in [-0.2, 0) is 6.42 Å². The third-order valence-electron chi connectivity index (χ3n) is 5.65. The van der Waals surface area contributed by atoms with Crippen LogP contribution in [-0.4, -0.2) is 16.4 Å². The second kappa shape index (κ2) is 7.85. The number of nitrogens with zero attached hydrogens (tertiary/aromatic N) is 1. The Morgan fingerprint density at radius 1 is 1.00 bits per heavy atom. The zero-order valence-corrected chi connectivity index (χ0v) is 15.9. The first-order valence-electron chi connectivity index (χ1n) is 9.77. The summed E-state index contributed by atoms with van der Waals surface area (Å²) in [4.78, 5) is 16.8. The van der Waals surface area contributed by atoms with Crippen LogP contribution in [0, 0.1) is 17.5 Å². The van der Waals surface area contributed by atoms with Crippen LogP contribution in [0.2, 0.25) is 0 Å². The minimum atomic E-state index is -1.56. The summed E-state index contributed by atoms with van der Waals surface area (Å²) < 4.78 is 40.9. The van der Waals surface area contributed by atoms with Crippen LogP contribution in [0.15, 0.2) is 48.7 Å². The molecular weight excluding hydrogens is 377 g/mol. The highest BCUT2D eigenvalue weighted by Gasteiger charge is 2.34. The van der Waals surface area contributed by atoms with Crippen LogP contribution in [0.3, 0.4) is 0 Å². The predicted octanol–water partition coefficient (Wildman–Crippen LogP) is 5.33. The Morgan fingerprint density at radius 2 is 1.72 bits per heavy atom. The van der Waals surface area contributed by atoms with E-state index >= 15 is 0 Å². The molecule has 0 atom stereocenters. The van der Waals surface area contributed by atoms with E-state index in [0.29, 0.717) is 0 Å². The second-order valence-electron chi connectivity index (χ2n) is 7.74. The van der Waals surface area contributed by atoms with Gasteiger partial charge in [0.1, 0.15) is 5.52 Å². The van der Waals surface area contributed by atoms with Crippen LogP contribution < -0.4 is 5.32 Å². The number of fused-ring (bicyclic) bond motifs is 1. The van der Waals surface area contributed by atoms with Gasteiger partial charge in [0.2, 0.25) is 0 Å². The van der Waals surface area contributed by atoms with Gasteiger partial charge in [-0.25, -0.2) is 13.2 Å². The van der Waals surface area contributed by atoms with Gasteiger partial charge in [0.05, 0.1) is 5.56 Å². The highest BCUT2D eigenvalue weighted by molar-refractivity contribution is 5.97. The number of carbonyl (C=O) groups excluding carboxylic acids is 1. The van der Waals surface area contributed by atoms with Gasteiger partial charge in [0.15, 0.2) is 17.5 Å². The van der Waals surface area contributed by atoms with Crippen molar-refractivity contribution >= 4 is 16.8 Å². The van der Waals surface area contributed by atoms with E-state index < -0.39 is 17.5 Å². The van der Waals surface area contributed by atoms with E-state index in [1.165, 1.54) is 12.3 Å². The van der Waals surface area contributed by atoms with Crippen LogP contribution in [0.5, 0.6) is 0 Å². The molecule has 1 fully saturated rings. The van der Waals surface area contributed by atoms with Crippen molar-refractivity contribution < 1.29 is 18.0 Å². The molecule has 1 aliphatic rings. The van der Waals surface area contributed by atoms with E-state index in [2.05, 4.69) is 10.3 Å². The van der Waals surface area contributed by atoms with Gasteiger partial charge in [0.25, 0.3) is 5.91 Å². The normalized spacial score (nSPS) is 16.0. The second-order valence-corrected chi connectivity index (χ2v) is 7.74. The van der Waals surface area contributed by atoms with Gasteiger partial charge in [-0.05, 0) is 37.0 Å². The summed E-state index contributed by atoms with van der Waals surface area (Å²) in [6, 6.07) is 12.2. The Balaban J connectivity index is 1.63. The fourth-order valence-corrected chi connectivity index (χ4v) is 4.18. The molecule has 1 aliphatic carbocycles. The smallest absolute Gasteiger partial charge is 0.253 e. The molecule has 150 valence electrons. The molecule has 29 heavy (non-hydrogen) atoms. The molecule has 6 heteroatoms. The molecule has 1 aromatic heterocycles. The number of benzene rings is 2. The summed E-state index contributed by atoms with van der Waals surface area (Å²) in [7, 11) is 0. The van der Waals surface area contributed by atoms with Gasteiger partial charge < -0.3 is 5.32 Å². The van der Waals surface area contributed by atoms with Gasteiger partial charge in [-0.15, -0.1) is 0 Å². The van der Waals surface area contributed by atoms with E-state index in [1.807, 2.05) is 30.3 Å². The van der Waals surface area contributed by atoms with Crippen molar-refractivity contribution in [3.8, 4) is 0 Å². The molecule has 1 saturated carbocycles. The summed E-state index contributed by atoms with van der Waals surface area (Å²) >= 11 is 0. The third-order valence-corrected chi connectivity index (χ3v) is 5.65. The lowest BCUT2D eigenvalue weighted by atomic mass is 9.77. The molecule has 0 unspecified atom stereocenters. The summed E-state index contributed by atoms with van der Waals surface area (Å²) in [5.41, 5.74) is 0.675. The minimum absolute atomic E-state index is 0.0507. The maximum absolute atomic E-state index is 13.9. The fourth-order valence-electron chi connectivity index (χ4n) is 4.18. The van der Waals surface area contributed by atoms with Crippen molar-refractivity contribution in [3.63, 3.8) is 0 Å². The maximum Gasteiger partial charge on any atom is 0.253 e. The van der Waals surface area contributed by atoms with Crippen LogP contribution in [0.1, 0.15) is 48.0 Å². The molecule has 0 radical (unpaired) electrons. The predicted molar refractivity (Wildman–Crippen MR) is 105 cm³/mol. The first-order valence-corrected chi connectivity index (χ1v) is 9.77. The Morgan fingerprint density at radius 3 is 2.45 bits per heavy atom. The summed E-state index contributed by atoms with van der Waals surface area (Å²) in [5.74, 6) is -4.56. The summed E-state index contributed by atoms with van der Waals surface area (Å²) in [6.45, 7) is 0. The van der Waals surface area contributed by atoms with E-state index in [9.17, 15) is 18.0 Å². The zero-order chi connectivity index (χ0) is 20.4. The molecule has 1 heterocycles. The molecule has 2 aromatic carbocycles. The lowest BCUT2D eigenvalue weighted by molar-refractivity contribution is 0.0868. The van der Waals surface area contributed by atoms with E-state index in [-0.39, 0.29) is 27.9 Å². The van der Waals surface area contributed by atoms with Crippen molar-refractivity contribution in [2.75, 3.05) is 0 Å². The lowest BCUT2D eigenvalue weighted by Gasteiger charge is -2.38. The number of aromatic nitrogens is 1. The zero-order valence-electron chi connectivity index (χ0n) is 15.9. The highest BCUT2D eigenvalue weighted by atomic mass is 19.2. The monoisotopic (exact) mass is 398 g/mol. The summed E-state index contributed by atoms with van der Waals surface area (Å²) in [5, 5.41) is 3.21. The molecule has 1 amide bonds. The van der Waals surface area contributed by atoms with Gasteiger partial charge >= 0.3 is 0 Å². The number of hydrogen-bond donors (Lipinski definition) is 1. The third kappa shape index (κ3) is 3.97. The number of nitrogens with one attached hydrogen (secondary N) is 1. The maximum atomic E-state index is 13.9. The molecule has 4 rings (SSSR count). The van der Waals surface area contributed by atoms with Gasteiger partial charge in [-0.1, -0.05) is 49.6 Å². The first kappa shape index (κ1) is 19.4. The molecule has 1 N–H and O–H groups in total. The standard InChI is InChI=1S/C23H21F3N2O/c24-18-12-16-11-17(14-27-21(16)20(26)19(18)25)22(29)28-23(9-5-2-6-10-23)13-15-7-3-1-4-8-15/h1,3-4,7-8,11-12,14H,2,5-6,9-10,13H2,(H,28,29). The molecule has 0 spiro atoms. The van der Waals surface area contributed by atoms with Crippen LogP contribution in [0.25, 0.3) is 10.9 Å². The van der Waals surface area contributed by atoms with Crippen molar-refractivity contribution in [1.29, 1.82) is 0 Å². The number of rotatable bonds is 4. The quantitative estimate of drug-likeness (QED) is 0.604. The Kier molecular flexibility index (Phi) is 5.26. The Hall–Kier alpha value is -2.89. The number of halogens is 3. The van der Waals surface area contributed by atoms with E-state index in [4.69, 9.17) is 0 Å². The van der Waals surface area contributed by atoms with Gasteiger partial charge in [0, 0.05) is 17.1 Å². The van der Waals surface area contributed by atoms with Crippen LogP contribution in [0.4, 0.5) is 13.2 Å². The lowest BCUT2D eigenvalue weighted by Crippen LogP contribution is -2.51. The molecule has 3 nitrogen and oxygen atoms in total. The molecule has 3 aromatic rings. The van der Waals surface area contributed by atoms with Crippen molar-refractivity contribution in [2.24, 2.45) is 0 Å². The Bertz CT molecular complexity index is 1050. The summed E-state index contributed by atoms with van der Waals surface area (Å²) in [6.07, 6.45) is 6.84. The number of hydrogen-bond acceptors (Lipinski definition) is 2. The number of amides is 1. The largest absolute Gasteiger partial charge is 0.346 e. The Labute approximate surface area is 167 Å². The number of carbonyl (C=O) groups is 1. The fraction of sp³-hybridized carbons (Fsp3) is 0.304. The first-order chi connectivity index (χ1) is 14.0. The SMILES string of the molecule is O=C(NC1(Cc2ccccc2)CCCCC1)c1cnc2c(F)c(F)c(F)cc2c1. The van der Waals surface area contributed by atoms with Crippen molar-refractivity contribution in [2.45, 2.75) is 44.1 Å². The van der Waals surface area contributed by atoms with E-state index in [0.717, 1.165) is 50.2 Å². The van der Waals surface area contributed by atoms with E-state index in [1.54, 1.807) is 0 Å². The average molecular weight is 398 g/mol. The van der Waals surface area contributed by atoms with Gasteiger partial charge in [-0.2, -0.15) is 0 Å². The average Bonchev–Trinajstić information content (AvgIpc) is 2.73. The van der Waals surface area contributed by atoms with Crippen molar-refractivity contribution in [1.82, 2.24) is 10.3 Å². The molecular formula is C23H21F3N2O. The molecule has 0 aliphatic heterocycles.